The van der Waals surface area contributed by atoms with E-state index in [9.17, 15) is 36.3 Å². The van der Waals surface area contributed by atoms with Crippen molar-refractivity contribution < 1.29 is 45.8 Å². The molecule has 0 saturated carbocycles. The van der Waals surface area contributed by atoms with Crippen LogP contribution in [0.4, 0.5) is 18.0 Å². The number of hydrogen-bond acceptors (Lipinski definition) is 9. The number of aryl methyl sites for hydroxylation is 3. The van der Waals surface area contributed by atoms with Crippen LogP contribution in [0.1, 0.15) is 79.7 Å². The molecule has 284 valence electrons. The molecule has 1 atom stereocenters. The van der Waals surface area contributed by atoms with E-state index in [1.807, 2.05) is 0 Å². The molecule has 1 spiro atoms. The number of hydrogen-bond donors (Lipinski definition) is 1. The number of aromatic nitrogens is 4. The van der Waals surface area contributed by atoms with Gasteiger partial charge in [-0.2, -0.15) is 17.5 Å². The highest BCUT2D eigenvalue weighted by atomic mass is 32.2. The number of pyridine rings is 2. The average molecular weight is 759 g/mol. The van der Waals surface area contributed by atoms with E-state index in [0.29, 0.717) is 33.4 Å². The van der Waals surface area contributed by atoms with Gasteiger partial charge in [0, 0.05) is 24.9 Å². The topological polar surface area (TPSA) is 157 Å². The summed E-state index contributed by atoms with van der Waals surface area (Å²) >= 11 is 0. The number of aliphatic carboxylic acids is 1. The molecule has 0 unspecified atom stereocenters. The highest BCUT2D eigenvalue weighted by molar-refractivity contribution is 7.89. The zero-order chi connectivity index (χ0) is 39.1. The van der Waals surface area contributed by atoms with E-state index in [4.69, 9.17) is 9.47 Å². The van der Waals surface area contributed by atoms with Gasteiger partial charge in [0.1, 0.15) is 10.5 Å². The lowest BCUT2D eigenvalue weighted by molar-refractivity contribution is -0.147. The second-order valence-corrected chi connectivity index (χ2v) is 17.4. The number of nitrogens with zero attached hydrogens (tertiary/aromatic N) is 6. The molecule has 0 bridgehead atoms. The van der Waals surface area contributed by atoms with E-state index in [0.717, 1.165) is 4.40 Å². The number of amides is 1. The van der Waals surface area contributed by atoms with Crippen molar-refractivity contribution in [3.63, 3.8) is 0 Å². The second kappa shape index (κ2) is 12.7. The molecule has 0 radical (unpaired) electrons. The van der Waals surface area contributed by atoms with Crippen LogP contribution in [-0.4, -0.2) is 85.2 Å². The van der Waals surface area contributed by atoms with Gasteiger partial charge in [-0.15, -0.1) is 10.2 Å². The number of carboxylic acid groups (broad SMARTS) is 1. The van der Waals surface area contributed by atoms with Crippen LogP contribution >= 0.6 is 0 Å². The Kier molecular flexibility index (Phi) is 9.08. The molecular formula is C36H41F3N6O7S. The van der Waals surface area contributed by atoms with Crippen LogP contribution < -0.4 is 4.74 Å². The van der Waals surface area contributed by atoms with E-state index in [1.54, 1.807) is 59.7 Å². The van der Waals surface area contributed by atoms with Gasteiger partial charge in [0.15, 0.2) is 11.2 Å². The lowest BCUT2D eigenvalue weighted by Gasteiger charge is -2.49. The summed E-state index contributed by atoms with van der Waals surface area (Å²) in [5, 5.41) is 17.6. The molecule has 2 aliphatic rings. The summed E-state index contributed by atoms with van der Waals surface area (Å²) in [5.41, 5.74) is -0.364. The number of fused-ring (bicyclic) bond motifs is 2. The average Bonchev–Trinajstić information content (AvgIpc) is 3.44. The minimum atomic E-state index is -4.76. The van der Waals surface area contributed by atoms with Gasteiger partial charge in [-0.1, -0.05) is 18.2 Å². The molecule has 4 aromatic rings. The molecule has 3 aromatic heterocycles. The largest absolute Gasteiger partial charge is 0.481 e. The van der Waals surface area contributed by atoms with Crippen LogP contribution in [0.5, 0.6) is 5.88 Å². The van der Waals surface area contributed by atoms with E-state index in [1.165, 1.54) is 47.6 Å². The Morgan fingerprint density at radius 2 is 1.70 bits per heavy atom. The Balaban J connectivity index is 1.42. The van der Waals surface area contributed by atoms with Gasteiger partial charge >= 0.3 is 18.2 Å². The normalized spacial score (nSPS) is 17.8. The van der Waals surface area contributed by atoms with Crippen molar-refractivity contribution in [1.82, 2.24) is 28.8 Å². The van der Waals surface area contributed by atoms with Crippen LogP contribution in [0, 0.1) is 26.2 Å². The van der Waals surface area contributed by atoms with Gasteiger partial charge in [0.2, 0.25) is 21.7 Å². The minimum absolute atomic E-state index is 0.0390. The first kappa shape index (κ1) is 38.0. The number of benzene rings is 1. The zero-order valence-electron chi connectivity index (χ0n) is 30.6. The van der Waals surface area contributed by atoms with Crippen molar-refractivity contribution >= 4 is 27.7 Å². The molecule has 17 heteroatoms. The Morgan fingerprint density at radius 3 is 2.32 bits per heavy atom. The number of alkyl halides is 3. The Morgan fingerprint density at radius 1 is 1.02 bits per heavy atom. The number of halogens is 3. The fourth-order valence-corrected chi connectivity index (χ4v) is 8.57. The van der Waals surface area contributed by atoms with E-state index < -0.39 is 56.6 Å². The Hall–Kier alpha value is -4.77. The van der Waals surface area contributed by atoms with Crippen molar-refractivity contribution in [2.24, 2.45) is 5.41 Å². The summed E-state index contributed by atoms with van der Waals surface area (Å²) in [6, 6.07) is 8.14. The molecule has 53 heavy (non-hydrogen) atoms. The molecule has 1 aromatic carbocycles. The first-order valence-corrected chi connectivity index (χ1v) is 18.3. The van der Waals surface area contributed by atoms with Crippen LogP contribution in [0.15, 0.2) is 47.6 Å². The summed E-state index contributed by atoms with van der Waals surface area (Å²) < 4.78 is 83.7. The molecule has 1 fully saturated rings. The molecule has 13 nitrogen and oxygen atoms in total. The van der Waals surface area contributed by atoms with E-state index in [-0.39, 0.29) is 42.6 Å². The zero-order valence-corrected chi connectivity index (χ0v) is 31.4. The Labute approximate surface area is 304 Å². The van der Waals surface area contributed by atoms with Gasteiger partial charge in [0.05, 0.1) is 25.0 Å². The van der Waals surface area contributed by atoms with Crippen LogP contribution in [0.3, 0.4) is 0 Å². The molecule has 1 N–H and O–H groups in total. The summed E-state index contributed by atoms with van der Waals surface area (Å²) in [4.78, 5) is 31.3. The third-order valence-corrected chi connectivity index (χ3v) is 11.5. The first-order valence-electron chi connectivity index (χ1n) is 16.8. The third kappa shape index (κ3) is 6.91. The second-order valence-electron chi connectivity index (χ2n) is 15.5. The van der Waals surface area contributed by atoms with Crippen LogP contribution in [0.2, 0.25) is 0 Å². The number of sulfonamides is 1. The van der Waals surface area contributed by atoms with Crippen molar-refractivity contribution in [3.05, 3.63) is 81.9 Å². The number of carbonyl (C=O) groups excluding carboxylic acids is 1. The van der Waals surface area contributed by atoms with Crippen molar-refractivity contribution in [3.8, 4) is 5.88 Å². The predicted molar refractivity (Wildman–Crippen MR) is 185 cm³/mol. The first-order chi connectivity index (χ1) is 24.4. The highest BCUT2D eigenvalue weighted by Crippen LogP contribution is 2.45. The molecule has 6 rings (SSSR count). The van der Waals surface area contributed by atoms with Crippen molar-refractivity contribution in [1.29, 1.82) is 0 Å². The number of carbonyl (C=O) groups is 2. The fourth-order valence-electron chi connectivity index (χ4n) is 6.93. The van der Waals surface area contributed by atoms with Gasteiger partial charge in [-0.3, -0.25) is 14.1 Å². The van der Waals surface area contributed by atoms with Crippen LogP contribution in [-0.2, 0) is 32.3 Å². The smallest absolute Gasteiger partial charge is 0.452 e. The van der Waals surface area contributed by atoms with Gasteiger partial charge in [-0.05, 0) is 101 Å². The highest BCUT2D eigenvalue weighted by Gasteiger charge is 2.54. The lowest BCUT2D eigenvalue weighted by Crippen LogP contribution is -2.70. The predicted octanol–water partition coefficient (Wildman–Crippen LogP) is 5.88. The van der Waals surface area contributed by atoms with E-state index in [2.05, 4.69) is 15.2 Å². The number of carboxylic acids is 1. The summed E-state index contributed by atoms with van der Waals surface area (Å²) in [6.45, 7) is 13.1. The van der Waals surface area contributed by atoms with Gasteiger partial charge in [-0.25, -0.2) is 18.2 Å². The number of ether oxygens (including phenoxy) is 2. The minimum Gasteiger partial charge on any atom is -0.481 e. The van der Waals surface area contributed by atoms with Gasteiger partial charge in [0.25, 0.3) is 0 Å². The molecule has 2 aliphatic heterocycles. The fraction of sp³-hybridized carbons (Fsp3) is 0.472. The number of rotatable bonds is 6. The Bertz CT molecular complexity index is 2240. The molecule has 1 amide bonds. The van der Waals surface area contributed by atoms with Crippen molar-refractivity contribution in [2.75, 3.05) is 19.6 Å². The van der Waals surface area contributed by atoms with Crippen molar-refractivity contribution in [2.45, 2.75) is 90.1 Å². The standard InChI is InChI=1S/C36H41F3N6O7S/c1-20-13-26-29(40-15-20)51-35(17-43(18-35)32(48)52-33(4,5)6)19-44(53(26,49)50)16-24-14-23(10-9-21(24)2)27(34(7,8)31(46)47)25-11-12-45-28(22(25)3)41-42-30(45)36(37,38)39/h9-15,27H,16-19H2,1-8H3,(H,46,47)/t27-/m0/s1. The van der Waals surface area contributed by atoms with Gasteiger partial charge < -0.3 is 14.6 Å². The maximum absolute atomic E-state index is 14.4. The third-order valence-electron chi connectivity index (χ3n) is 9.72. The molecule has 0 aliphatic carbocycles. The van der Waals surface area contributed by atoms with Crippen LogP contribution in [0.25, 0.3) is 5.65 Å². The molecule has 5 heterocycles. The maximum atomic E-state index is 14.4. The lowest BCUT2D eigenvalue weighted by atomic mass is 9.70. The monoisotopic (exact) mass is 758 g/mol. The van der Waals surface area contributed by atoms with E-state index >= 15 is 0 Å². The summed E-state index contributed by atoms with van der Waals surface area (Å²) in [6.07, 6.45) is -2.65. The maximum Gasteiger partial charge on any atom is 0.452 e. The quantitative estimate of drug-likeness (QED) is 0.252. The SMILES string of the molecule is Cc1cnc2c(c1)S(=O)(=O)N(Cc1cc([C@@H](c3ccn4c(C(F)(F)F)nnc4c3C)C(C)(C)C(=O)O)ccc1C)CC1(CN(C(=O)OC(C)(C)C)C1)O2. The summed E-state index contributed by atoms with van der Waals surface area (Å²) in [5.74, 6) is -3.35. The molecular weight excluding hydrogens is 717 g/mol. The number of likely N-dealkylation sites (tertiary alicyclic amines) is 1. The summed E-state index contributed by atoms with van der Waals surface area (Å²) in [7, 11) is -4.23. The molecule has 1 saturated heterocycles.